The fraction of sp³-hybridized carbons (Fsp3) is 0.286. The Kier molecular flexibility index (Phi) is 5.34. The lowest BCUT2D eigenvalue weighted by Crippen LogP contribution is -2.30. The molecule has 124 valence electrons. The van der Waals surface area contributed by atoms with Gasteiger partial charge < -0.3 is 5.32 Å². The highest BCUT2D eigenvalue weighted by Crippen LogP contribution is 2.28. The largest absolute Gasteiger partial charge is 0.375 e. The van der Waals surface area contributed by atoms with E-state index in [9.17, 15) is 18.5 Å². The molecule has 0 aliphatic carbocycles. The van der Waals surface area contributed by atoms with E-state index in [4.69, 9.17) is 0 Å². The third-order valence-corrected chi connectivity index (χ3v) is 5.43. The number of hydrogen-bond donors (Lipinski definition) is 2. The first-order valence-electron chi connectivity index (χ1n) is 6.86. The monoisotopic (exact) mass is 355 g/mol. The number of sulfonamides is 1. The Balaban J connectivity index is 2.29. The number of nitrogens with zero attached hydrogens (tertiary/aromatic N) is 1. The fourth-order valence-electron chi connectivity index (χ4n) is 1.95. The van der Waals surface area contributed by atoms with E-state index in [2.05, 4.69) is 10.0 Å². The molecule has 0 saturated carbocycles. The topological polar surface area (TPSA) is 101 Å². The van der Waals surface area contributed by atoms with E-state index >= 15 is 0 Å². The molecule has 9 heteroatoms. The van der Waals surface area contributed by atoms with E-state index in [1.165, 1.54) is 23.5 Å². The molecule has 0 aliphatic heterocycles. The summed E-state index contributed by atoms with van der Waals surface area (Å²) in [5.41, 5.74) is 0.0140. The fourth-order valence-corrected chi connectivity index (χ4v) is 3.87. The van der Waals surface area contributed by atoms with E-state index < -0.39 is 14.9 Å². The van der Waals surface area contributed by atoms with Crippen molar-refractivity contribution >= 4 is 32.7 Å². The summed E-state index contributed by atoms with van der Waals surface area (Å²) in [5, 5.41) is 16.1. The number of rotatable bonds is 7. The maximum absolute atomic E-state index is 12.1. The van der Waals surface area contributed by atoms with E-state index in [1.807, 2.05) is 17.5 Å². The molecule has 2 rings (SSSR count). The van der Waals surface area contributed by atoms with Gasteiger partial charge in [0.2, 0.25) is 10.0 Å². The number of nitro benzene ring substituents is 1. The highest BCUT2D eigenvalue weighted by atomic mass is 32.2. The van der Waals surface area contributed by atoms with Gasteiger partial charge in [-0.15, -0.1) is 11.3 Å². The van der Waals surface area contributed by atoms with Crippen LogP contribution in [0.5, 0.6) is 0 Å². The third-order valence-electron chi connectivity index (χ3n) is 2.90. The first kappa shape index (κ1) is 17.4. The van der Waals surface area contributed by atoms with Crippen LogP contribution in [0.2, 0.25) is 0 Å². The number of benzene rings is 1. The van der Waals surface area contributed by atoms with Crippen molar-refractivity contribution in [2.45, 2.75) is 31.3 Å². The maximum Gasteiger partial charge on any atom is 0.293 e. The number of thiophene rings is 1. The van der Waals surface area contributed by atoms with Gasteiger partial charge in [0, 0.05) is 23.5 Å². The van der Waals surface area contributed by atoms with Crippen molar-refractivity contribution in [3.05, 3.63) is 50.7 Å². The zero-order valence-corrected chi connectivity index (χ0v) is 14.3. The number of hydrogen-bond acceptors (Lipinski definition) is 6. The first-order chi connectivity index (χ1) is 10.8. The quantitative estimate of drug-likeness (QED) is 0.587. The van der Waals surface area contributed by atoms with Gasteiger partial charge in [0.05, 0.1) is 9.82 Å². The Bertz CT molecular complexity index is 786. The molecule has 7 nitrogen and oxygen atoms in total. The van der Waals surface area contributed by atoms with Crippen LogP contribution < -0.4 is 10.0 Å². The molecule has 0 fully saturated rings. The van der Waals surface area contributed by atoms with Crippen LogP contribution in [-0.2, 0) is 16.6 Å². The summed E-state index contributed by atoms with van der Waals surface area (Å²) < 4.78 is 26.6. The normalized spacial score (nSPS) is 11.6. The van der Waals surface area contributed by atoms with Gasteiger partial charge in [-0.3, -0.25) is 10.1 Å². The van der Waals surface area contributed by atoms with Crippen LogP contribution in [0.25, 0.3) is 0 Å². The van der Waals surface area contributed by atoms with E-state index in [1.54, 1.807) is 13.8 Å². The van der Waals surface area contributed by atoms with Crippen LogP contribution in [0, 0.1) is 10.1 Å². The Morgan fingerprint density at radius 1 is 1.30 bits per heavy atom. The number of anilines is 1. The van der Waals surface area contributed by atoms with Crippen molar-refractivity contribution in [1.82, 2.24) is 4.72 Å². The standard InChI is InChI=1S/C14H17N3O4S2/c1-10(2)16-23(20,21)12-5-6-13(14(8-12)17(18)19)15-9-11-4-3-7-22-11/h3-8,10,15-16H,9H2,1-2H3. The van der Waals surface area contributed by atoms with Gasteiger partial charge in [-0.05, 0) is 37.4 Å². The first-order valence-corrected chi connectivity index (χ1v) is 9.23. The maximum atomic E-state index is 12.1. The SMILES string of the molecule is CC(C)NS(=O)(=O)c1ccc(NCc2cccs2)c([N+](=O)[O-])c1. The number of nitrogens with one attached hydrogen (secondary N) is 2. The minimum atomic E-state index is -3.77. The minimum Gasteiger partial charge on any atom is -0.375 e. The van der Waals surface area contributed by atoms with Crippen LogP contribution in [0.4, 0.5) is 11.4 Å². The summed E-state index contributed by atoms with van der Waals surface area (Å²) in [4.78, 5) is 11.5. The molecular formula is C14H17N3O4S2. The van der Waals surface area contributed by atoms with Crippen LogP contribution in [-0.4, -0.2) is 19.4 Å². The number of nitro groups is 1. The molecule has 1 heterocycles. The minimum absolute atomic E-state index is 0.125. The third kappa shape index (κ3) is 4.50. The molecule has 0 spiro atoms. The van der Waals surface area contributed by atoms with Gasteiger partial charge in [-0.2, -0.15) is 0 Å². The summed E-state index contributed by atoms with van der Waals surface area (Å²) in [5.74, 6) is 0. The van der Waals surface area contributed by atoms with Gasteiger partial charge >= 0.3 is 0 Å². The molecule has 23 heavy (non-hydrogen) atoms. The van der Waals surface area contributed by atoms with Crippen LogP contribution in [0.3, 0.4) is 0 Å². The van der Waals surface area contributed by atoms with Crippen molar-refractivity contribution < 1.29 is 13.3 Å². The second-order valence-electron chi connectivity index (χ2n) is 5.14. The highest BCUT2D eigenvalue weighted by Gasteiger charge is 2.22. The van der Waals surface area contributed by atoms with Crippen molar-refractivity contribution in [2.75, 3.05) is 5.32 Å². The summed E-state index contributed by atoms with van der Waals surface area (Å²) >= 11 is 1.53. The predicted molar refractivity (Wildman–Crippen MR) is 90.2 cm³/mol. The lowest BCUT2D eigenvalue weighted by molar-refractivity contribution is -0.384. The highest BCUT2D eigenvalue weighted by molar-refractivity contribution is 7.89. The van der Waals surface area contributed by atoms with E-state index in [-0.39, 0.29) is 22.3 Å². The van der Waals surface area contributed by atoms with E-state index in [0.29, 0.717) is 6.54 Å². The molecule has 0 unspecified atom stereocenters. The molecule has 0 atom stereocenters. The molecule has 0 radical (unpaired) electrons. The smallest absolute Gasteiger partial charge is 0.293 e. The molecule has 2 aromatic rings. The van der Waals surface area contributed by atoms with Gasteiger partial charge in [0.15, 0.2) is 0 Å². The molecule has 0 saturated heterocycles. The molecule has 1 aromatic carbocycles. The van der Waals surface area contributed by atoms with Crippen LogP contribution in [0.15, 0.2) is 40.6 Å². The lowest BCUT2D eigenvalue weighted by atomic mass is 10.2. The van der Waals surface area contributed by atoms with Gasteiger partial charge in [-0.1, -0.05) is 6.07 Å². The molecule has 0 aliphatic rings. The second kappa shape index (κ2) is 7.07. The molecular weight excluding hydrogens is 338 g/mol. The Labute approximate surface area is 138 Å². The van der Waals surface area contributed by atoms with Crippen molar-refractivity contribution in [1.29, 1.82) is 0 Å². The average Bonchev–Trinajstić information content (AvgIpc) is 2.96. The second-order valence-corrected chi connectivity index (χ2v) is 7.89. The van der Waals surface area contributed by atoms with Crippen molar-refractivity contribution in [2.24, 2.45) is 0 Å². The van der Waals surface area contributed by atoms with E-state index in [0.717, 1.165) is 10.9 Å². The zero-order valence-electron chi connectivity index (χ0n) is 12.6. The lowest BCUT2D eigenvalue weighted by Gasteiger charge is -2.11. The summed E-state index contributed by atoms with van der Waals surface area (Å²) in [6.45, 7) is 3.81. The zero-order chi connectivity index (χ0) is 17.0. The van der Waals surface area contributed by atoms with Gasteiger partial charge in [-0.25, -0.2) is 13.1 Å². The van der Waals surface area contributed by atoms with Gasteiger partial charge in [0.1, 0.15) is 5.69 Å². The predicted octanol–water partition coefficient (Wildman–Crippen LogP) is 2.96. The average molecular weight is 355 g/mol. The molecule has 1 aromatic heterocycles. The Hall–Kier alpha value is -1.97. The van der Waals surface area contributed by atoms with Gasteiger partial charge in [0.25, 0.3) is 5.69 Å². The summed E-state index contributed by atoms with van der Waals surface area (Å²) in [6, 6.07) is 7.35. The van der Waals surface area contributed by atoms with Crippen molar-refractivity contribution in [3.8, 4) is 0 Å². The van der Waals surface area contributed by atoms with Crippen molar-refractivity contribution in [3.63, 3.8) is 0 Å². The Morgan fingerprint density at radius 3 is 2.61 bits per heavy atom. The summed E-state index contributed by atoms with van der Waals surface area (Å²) in [7, 11) is -3.77. The molecule has 0 bridgehead atoms. The van der Waals surface area contributed by atoms with Crippen LogP contribution >= 0.6 is 11.3 Å². The molecule has 2 N–H and O–H groups in total. The molecule has 0 amide bonds. The van der Waals surface area contributed by atoms with Crippen LogP contribution in [0.1, 0.15) is 18.7 Å². The summed E-state index contributed by atoms with van der Waals surface area (Å²) in [6.07, 6.45) is 0. The Morgan fingerprint density at radius 2 is 2.04 bits per heavy atom.